The van der Waals surface area contributed by atoms with Crippen LogP contribution >= 0.6 is 0 Å². The predicted molar refractivity (Wildman–Crippen MR) is 113 cm³/mol. The molecule has 2 aromatic rings. The standard InChI is InChI=1S/C23H31NO4/c1-4-7-8-9-16-28-19-12-10-18(11-13-19)24-23(25)21-15-14-20(26-5-2)17-22(21)27-6-3/h10-15,17H,4-9,16H2,1-3H3,(H,24,25). The molecule has 0 aromatic heterocycles. The summed E-state index contributed by atoms with van der Waals surface area (Å²) < 4.78 is 16.8. The normalized spacial score (nSPS) is 10.4. The molecular weight excluding hydrogens is 354 g/mol. The first-order chi connectivity index (χ1) is 13.7. The van der Waals surface area contributed by atoms with Gasteiger partial charge in [-0.2, -0.15) is 0 Å². The molecule has 0 heterocycles. The van der Waals surface area contributed by atoms with E-state index >= 15 is 0 Å². The van der Waals surface area contributed by atoms with E-state index in [-0.39, 0.29) is 5.91 Å². The number of carbonyl (C=O) groups is 1. The van der Waals surface area contributed by atoms with E-state index in [1.165, 1.54) is 19.3 Å². The number of benzene rings is 2. The van der Waals surface area contributed by atoms with Gasteiger partial charge in [0.15, 0.2) is 0 Å². The Bertz CT molecular complexity index is 728. The Kier molecular flexibility index (Phi) is 9.19. The highest BCUT2D eigenvalue weighted by Crippen LogP contribution is 2.26. The van der Waals surface area contributed by atoms with Crippen LogP contribution in [0.5, 0.6) is 17.2 Å². The lowest BCUT2D eigenvalue weighted by molar-refractivity contribution is 0.102. The summed E-state index contributed by atoms with van der Waals surface area (Å²) in [6.07, 6.45) is 4.70. The molecule has 1 N–H and O–H groups in total. The highest BCUT2D eigenvalue weighted by atomic mass is 16.5. The number of amides is 1. The maximum absolute atomic E-state index is 12.7. The first-order valence-corrected chi connectivity index (χ1v) is 10.1. The summed E-state index contributed by atoms with van der Waals surface area (Å²) in [6.45, 7) is 7.74. The van der Waals surface area contributed by atoms with E-state index in [1.54, 1.807) is 18.2 Å². The van der Waals surface area contributed by atoms with E-state index in [2.05, 4.69) is 12.2 Å². The third-order valence-corrected chi connectivity index (χ3v) is 4.19. The highest BCUT2D eigenvalue weighted by Gasteiger charge is 2.14. The van der Waals surface area contributed by atoms with Crippen LogP contribution in [-0.2, 0) is 0 Å². The molecule has 2 rings (SSSR count). The Hall–Kier alpha value is -2.69. The van der Waals surface area contributed by atoms with E-state index in [9.17, 15) is 4.79 Å². The number of anilines is 1. The lowest BCUT2D eigenvalue weighted by Crippen LogP contribution is -2.14. The summed E-state index contributed by atoms with van der Waals surface area (Å²) in [4.78, 5) is 12.7. The number of unbranched alkanes of at least 4 members (excludes halogenated alkanes) is 3. The van der Waals surface area contributed by atoms with Crippen molar-refractivity contribution in [2.75, 3.05) is 25.1 Å². The zero-order valence-corrected chi connectivity index (χ0v) is 17.1. The average Bonchev–Trinajstić information content (AvgIpc) is 2.70. The van der Waals surface area contributed by atoms with Gasteiger partial charge in [-0.25, -0.2) is 0 Å². The Morgan fingerprint density at radius 2 is 1.54 bits per heavy atom. The van der Waals surface area contributed by atoms with Gasteiger partial charge in [-0.15, -0.1) is 0 Å². The molecule has 0 saturated carbocycles. The van der Waals surface area contributed by atoms with Crippen LogP contribution in [0.1, 0.15) is 56.8 Å². The van der Waals surface area contributed by atoms with E-state index in [0.717, 1.165) is 18.8 Å². The van der Waals surface area contributed by atoms with Crippen LogP contribution in [0.15, 0.2) is 42.5 Å². The molecule has 2 aromatic carbocycles. The van der Waals surface area contributed by atoms with E-state index in [0.29, 0.717) is 36.0 Å². The molecule has 0 fully saturated rings. The van der Waals surface area contributed by atoms with Crippen LogP contribution in [-0.4, -0.2) is 25.7 Å². The van der Waals surface area contributed by atoms with Gasteiger partial charge in [-0.3, -0.25) is 4.79 Å². The second-order valence-electron chi connectivity index (χ2n) is 6.41. The Balaban J connectivity index is 1.96. The fraction of sp³-hybridized carbons (Fsp3) is 0.435. The minimum absolute atomic E-state index is 0.222. The van der Waals surface area contributed by atoms with Crippen molar-refractivity contribution in [2.24, 2.45) is 0 Å². The molecule has 0 bridgehead atoms. The van der Waals surface area contributed by atoms with Crippen molar-refractivity contribution >= 4 is 11.6 Å². The average molecular weight is 386 g/mol. The molecule has 0 unspecified atom stereocenters. The van der Waals surface area contributed by atoms with Gasteiger partial charge < -0.3 is 19.5 Å². The van der Waals surface area contributed by atoms with Gasteiger partial charge in [0.1, 0.15) is 17.2 Å². The van der Waals surface area contributed by atoms with Crippen molar-refractivity contribution in [3.8, 4) is 17.2 Å². The van der Waals surface area contributed by atoms with Gasteiger partial charge in [0.05, 0.1) is 25.4 Å². The molecule has 5 heteroatoms. The summed E-state index contributed by atoms with van der Waals surface area (Å²) in [5.74, 6) is 1.78. The van der Waals surface area contributed by atoms with Gasteiger partial charge in [0.2, 0.25) is 0 Å². The van der Waals surface area contributed by atoms with Crippen LogP contribution in [0.25, 0.3) is 0 Å². The fourth-order valence-corrected chi connectivity index (χ4v) is 2.77. The van der Waals surface area contributed by atoms with Crippen LogP contribution in [0.2, 0.25) is 0 Å². The molecule has 0 atom stereocenters. The smallest absolute Gasteiger partial charge is 0.259 e. The van der Waals surface area contributed by atoms with Crippen molar-refractivity contribution in [3.63, 3.8) is 0 Å². The molecule has 0 radical (unpaired) electrons. The molecule has 152 valence electrons. The van der Waals surface area contributed by atoms with E-state index < -0.39 is 0 Å². The van der Waals surface area contributed by atoms with Gasteiger partial charge in [0, 0.05) is 11.8 Å². The van der Waals surface area contributed by atoms with Crippen molar-refractivity contribution in [1.82, 2.24) is 0 Å². The van der Waals surface area contributed by atoms with Crippen molar-refractivity contribution in [3.05, 3.63) is 48.0 Å². The lowest BCUT2D eigenvalue weighted by atomic mass is 10.1. The number of ether oxygens (including phenoxy) is 3. The number of hydrogen-bond acceptors (Lipinski definition) is 4. The van der Waals surface area contributed by atoms with Crippen molar-refractivity contribution in [1.29, 1.82) is 0 Å². The maximum Gasteiger partial charge on any atom is 0.259 e. The predicted octanol–water partition coefficient (Wildman–Crippen LogP) is 5.70. The molecular formula is C23H31NO4. The van der Waals surface area contributed by atoms with E-state index in [4.69, 9.17) is 14.2 Å². The molecule has 0 aliphatic rings. The first-order valence-electron chi connectivity index (χ1n) is 10.1. The molecule has 5 nitrogen and oxygen atoms in total. The zero-order valence-electron chi connectivity index (χ0n) is 17.1. The Morgan fingerprint density at radius 3 is 2.21 bits per heavy atom. The Labute approximate surface area is 168 Å². The number of rotatable bonds is 12. The third-order valence-electron chi connectivity index (χ3n) is 4.19. The first kappa shape index (κ1) is 21.6. The van der Waals surface area contributed by atoms with Gasteiger partial charge in [-0.05, 0) is 56.7 Å². The SMILES string of the molecule is CCCCCCOc1ccc(NC(=O)c2ccc(OCC)cc2OCC)cc1. The third kappa shape index (κ3) is 6.80. The number of nitrogens with one attached hydrogen (secondary N) is 1. The van der Waals surface area contributed by atoms with Crippen molar-refractivity contribution in [2.45, 2.75) is 46.5 Å². The summed E-state index contributed by atoms with van der Waals surface area (Å²) >= 11 is 0. The lowest BCUT2D eigenvalue weighted by Gasteiger charge is -2.13. The molecule has 0 aliphatic carbocycles. The second-order valence-corrected chi connectivity index (χ2v) is 6.41. The fourth-order valence-electron chi connectivity index (χ4n) is 2.77. The van der Waals surface area contributed by atoms with Crippen LogP contribution in [0.3, 0.4) is 0 Å². The second kappa shape index (κ2) is 11.9. The zero-order chi connectivity index (χ0) is 20.2. The van der Waals surface area contributed by atoms with Crippen LogP contribution in [0, 0.1) is 0 Å². The Morgan fingerprint density at radius 1 is 0.821 bits per heavy atom. The summed E-state index contributed by atoms with van der Waals surface area (Å²) in [6, 6.07) is 12.7. The van der Waals surface area contributed by atoms with Gasteiger partial charge in [-0.1, -0.05) is 26.2 Å². The van der Waals surface area contributed by atoms with Gasteiger partial charge in [0.25, 0.3) is 5.91 Å². The summed E-state index contributed by atoms with van der Waals surface area (Å²) in [5.41, 5.74) is 1.18. The van der Waals surface area contributed by atoms with Gasteiger partial charge >= 0.3 is 0 Å². The minimum atomic E-state index is -0.222. The molecule has 1 amide bonds. The monoisotopic (exact) mass is 385 g/mol. The maximum atomic E-state index is 12.7. The minimum Gasteiger partial charge on any atom is -0.494 e. The largest absolute Gasteiger partial charge is 0.494 e. The quantitative estimate of drug-likeness (QED) is 0.477. The number of hydrogen-bond donors (Lipinski definition) is 1. The summed E-state index contributed by atoms with van der Waals surface area (Å²) in [5, 5.41) is 2.90. The molecule has 0 saturated heterocycles. The van der Waals surface area contributed by atoms with Crippen molar-refractivity contribution < 1.29 is 19.0 Å². The van der Waals surface area contributed by atoms with E-state index in [1.807, 2.05) is 38.1 Å². The molecule has 0 spiro atoms. The van der Waals surface area contributed by atoms with Crippen LogP contribution < -0.4 is 19.5 Å². The summed E-state index contributed by atoms with van der Waals surface area (Å²) in [7, 11) is 0. The molecule has 28 heavy (non-hydrogen) atoms. The van der Waals surface area contributed by atoms with Crippen LogP contribution in [0.4, 0.5) is 5.69 Å². The topological polar surface area (TPSA) is 56.8 Å². The highest BCUT2D eigenvalue weighted by molar-refractivity contribution is 6.06. The molecule has 0 aliphatic heterocycles. The number of carbonyl (C=O) groups excluding carboxylic acids is 1.